The fraction of sp³-hybridized carbons (Fsp3) is 0.812. The monoisotopic (exact) mass is 297 g/mol. The van der Waals surface area contributed by atoms with Crippen molar-refractivity contribution in [3.05, 3.63) is 16.4 Å². The van der Waals surface area contributed by atoms with Crippen molar-refractivity contribution in [2.75, 3.05) is 6.54 Å². The molecule has 4 heteroatoms. The van der Waals surface area contributed by atoms with Crippen LogP contribution in [0.1, 0.15) is 57.3 Å². The summed E-state index contributed by atoms with van der Waals surface area (Å²) in [6, 6.07) is 0. The van der Waals surface area contributed by atoms with Gasteiger partial charge in [-0.05, 0) is 51.0 Å². The Labute approximate surface area is 127 Å². The molecule has 1 aromatic rings. The third-order valence-electron chi connectivity index (χ3n) is 4.77. The van der Waals surface area contributed by atoms with E-state index in [1.165, 1.54) is 37.8 Å². The third kappa shape index (κ3) is 3.37. The Hall–Kier alpha value is -0.540. The predicted molar refractivity (Wildman–Crippen MR) is 85.1 cm³/mol. The van der Waals surface area contributed by atoms with Crippen LogP contribution in [0.3, 0.4) is 0 Å². The molecule has 0 bridgehead atoms. The predicted octanol–water partition coefficient (Wildman–Crippen LogP) is 3.82. The molecule has 1 saturated carbocycles. The zero-order chi connectivity index (χ0) is 14.5. The van der Waals surface area contributed by atoms with Gasteiger partial charge in [0.05, 0.1) is 16.4 Å². The summed E-state index contributed by atoms with van der Waals surface area (Å²) in [6.07, 6.45) is 8.53. The first-order valence-corrected chi connectivity index (χ1v) is 8.53. The summed E-state index contributed by atoms with van der Waals surface area (Å²) >= 11 is 6.54. The van der Waals surface area contributed by atoms with E-state index in [0.717, 1.165) is 36.6 Å². The van der Waals surface area contributed by atoms with Gasteiger partial charge in [0.25, 0.3) is 0 Å². The van der Waals surface area contributed by atoms with Crippen molar-refractivity contribution in [3.8, 4) is 0 Å². The van der Waals surface area contributed by atoms with Crippen molar-refractivity contribution < 1.29 is 0 Å². The van der Waals surface area contributed by atoms with Crippen LogP contribution >= 0.6 is 11.6 Å². The normalized spacial score (nSPS) is 23.8. The van der Waals surface area contributed by atoms with Gasteiger partial charge < -0.3 is 5.73 Å². The smallest absolute Gasteiger partial charge is 0.0849 e. The molecule has 0 aromatic carbocycles. The largest absolute Gasteiger partial charge is 0.330 e. The van der Waals surface area contributed by atoms with Gasteiger partial charge in [-0.2, -0.15) is 5.10 Å². The SMILES string of the molecule is CCc1nn(CC)c(CC2CCCCCC2CN)c1Cl. The molecule has 2 unspecified atom stereocenters. The maximum absolute atomic E-state index is 6.54. The van der Waals surface area contributed by atoms with Gasteiger partial charge in [-0.25, -0.2) is 0 Å². The first-order chi connectivity index (χ1) is 9.71. The Bertz CT molecular complexity index is 428. The number of nitrogens with zero attached hydrogens (tertiary/aromatic N) is 2. The number of nitrogens with two attached hydrogens (primary N) is 1. The van der Waals surface area contributed by atoms with Crippen LogP contribution in [0.5, 0.6) is 0 Å². The summed E-state index contributed by atoms with van der Waals surface area (Å²) in [5.74, 6) is 1.32. The lowest BCUT2D eigenvalue weighted by Gasteiger charge is -2.24. The summed E-state index contributed by atoms with van der Waals surface area (Å²) < 4.78 is 2.10. The summed E-state index contributed by atoms with van der Waals surface area (Å²) in [5.41, 5.74) is 8.28. The molecule has 0 spiro atoms. The quantitative estimate of drug-likeness (QED) is 0.840. The lowest BCUT2D eigenvalue weighted by Crippen LogP contribution is -2.25. The highest BCUT2D eigenvalue weighted by Crippen LogP contribution is 2.33. The Morgan fingerprint density at radius 1 is 1.20 bits per heavy atom. The van der Waals surface area contributed by atoms with Gasteiger partial charge in [-0.1, -0.05) is 37.8 Å². The molecule has 20 heavy (non-hydrogen) atoms. The molecular weight excluding hydrogens is 270 g/mol. The second kappa shape index (κ2) is 7.46. The minimum absolute atomic E-state index is 0.652. The second-order valence-electron chi connectivity index (χ2n) is 5.97. The highest BCUT2D eigenvalue weighted by molar-refractivity contribution is 6.31. The Balaban J connectivity index is 2.20. The summed E-state index contributed by atoms with van der Waals surface area (Å²) in [4.78, 5) is 0. The molecule has 1 fully saturated rings. The second-order valence-corrected chi connectivity index (χ2v) is 6.35. The van der Waals surface area contributed by atoms with E-state index >= 15 is 0 Å². The summed E-state index contributed by atoms with van der Waals surface area (Å²) in [7, 11) is 0. The lowest BCUT2D eigenvalue weighted by atomic mass is 9.84. The fourth-order valence-electron chi connectivity index (χ4n) is 3.50. The number of aryl methyl sites for hydroxylation is 2. The maximum atomic E-state index is 6.54. The Morgan fingerprint density at radius 2 is 1.90 bits per heavy atom. The van der Waals surface area contributed by atoms with Gasteiger partial charge in [0.15, 0.2) is 0 Å². The first kappa shape index (κ1) is 15.8. The van der Waals surface area contributed by atoms with E-state index in [9.17, 15) is 0 Å². The minimum Gasteiger partial charge on any atom is -0.330 e. The average Bonchev–Trinajstić information content (AvgIpc) is 2.64. The van der Waals surface area contributed by atoms with Gasteiger partial charge in [-0.3, -0.25) is 4.68 Å². The molecule has 1 aliphatic rings. The molecule has 1 aliphatic carbocycles. The van der Waals surface area contributed by atoms with Crippen LogP contribution in [0, 0.1) is 11.8 Å². The molecule has 0 aliphatic heterocycles. The Morgan fingerprint density at radius 3 is 2.50 bits per heavy atom. The van der Waals surface area contributed by atoms with E-state index in [2.05, 4.69) is 23.6 Å². The van der Waals surface area contributed by atoms with Crippen molar-refractivity contribution in [1.82, 2.24) is 9.78 Å². The topological polar surface area (TPSA) is 43.8 Å². The van der Waals surface area contributed by atoms with E-state index in [1.54, 1.807) is 0 Å². The summed E-state index contributed by atoms with van der Waals surface area (Å²) in [6.45, 7) is 5.96. The van der Waals surface area contributed by atoms with Gasteiger partial charge >= 0.3 is 0 Å². The van der Waals surface area contributed by atoms with E-state index in [0.29, 0.717) is 11.8 Å². The van der Waals surface area contributed by atoms with Crippen LogP contribution in [-0.4, -0.2) is 16.3 Å². The zero-order valence-electron chi connectivity index (χ0n) is 12.9. The van der Waals surface area contributed by atoms with E-state index in [1.807, 2.05) is 0 Å². The van der Waals surface area contributed by atoms with Crippen LogP contribution < -0.4 is 5.73 Å². The van der Waals surface area contributed by atoms with Gasteiger partial charge in [0.2, 0.25) is 0 Å². The Kier molecular flexibility index (Phi) is 5.91. The van der Waals surface area contributed by atoms with Crippen LogP contribution in [0.4, 0.5) is 0 Å². The van der Waals surface area contributed by atoms with Gasteiger partial charge in [-0.15, -0.1) is 0 Å². The molecular formula is C16H28ClN3. The maximum Gasteiger partial charge on any atom is 0.0849 e. The molecule has 2 N–H and O–H groups in total. The van der Waals surface area contributed by atoms with Crippen LogP contribution in [0.15, 0.2) is 0 Å². The molecule has 1 heterocycles. The van der Waals surface area contributed by atoms with E-state index < -0.39 is 0 Å². The zero-order valence-corrected chi connectivity index (χ0v) is 13.6. The van der Waals surface area contributed by atoms with Crippen molar-refractivity contribution in [2.24, 2.45) is 17.6 Å². The highest BCUT2D eigenvalue weighted by atomic mass is 35.5. The molecule has 2 rings (SSSR count). The minimum atomic E-state index is 0.652. The van der Waals surface area contributed by atoms with E-state index in [4.69, 9.17) is 17.3 Å². The number of rotatable bonds is 5. The molecule has 114 valence electrons. The van der Waals surface area contributed by atoms with Crippen molar-refractivity contribution >= 4 is 11.6 Å². The number of halogens is 1. The molecule has 1 aromatic heterocycles. The third-order valence-corrected chi connectivity index (χ3v) is 5.21. The van der Waals surface area contributed by atoms with Crippen LogP contribution in [-0.2, 0) is 19.4 Å². The molecule has 3 nitrogen and oxygen atoms in total. The van der Waals surface area contributed by atoms with E-state index in [-0.39, 0.29) is 0 Å². The number of hydrogen-bond acceptors (Lipinski definition) is 2. The van der Waals surface area contributed by atoms with Crippen LogP contribution in [0.25, 0.3) is 0 Å². The van der Waals surface area contributed by atoms with Crippen molar-refractivity contribution in [2.45, 2.75) is 65.3 Å². The average molecular weight is 298 g/mol. The molecule has 0 radical (unpaired) electrons. The fourth-order valence-corrected chi connectivity index (χ4v) is 3.85. The number of aromatic nitrogens is 2. The number of hydrogen-bond donors (Lipinski definition) is 1. The van der Waals surface area contributed by atoms with Gasteiger partial charge in [0.1, 0.15) is 0 Å². The van der Waals surface area contributed by atoms with Crippen LogP contribution in [0.2, 0.25) is 5.02 Å². The first-order valence-electron chi connectivity index (χ1n) is 8.15. The van der Waals surface area contributed by atoms with Gasteiger partial charge in [0, 0.05) is 6.54 Å². The van der Waals surface area contributed by atoms with Crippen molar-refractivity contribution in [3.63, 3.8) is 0 Å². The molecule has 0 saturated heterocycles. The standard InChI is InChI=1S/C16H28ClN3/c1-3-14-16(17)15(20(4-2)19-14)10-12-8-6-5-7-9-13(12)11-18/h12-13H,3-11,18H2,1-2H3. The van der Waals surface area contributed by atoms with Crippen molar-refractivity contribution in [1.29, 1.82) is 0 Å². The summed E-state index contributed by atoms with van der Waals surface area (Å²) in [5, 5.41) is 5.54. The lowest BCUT2D eigenvalue weighted by molar-refractivity contribution is 0.311. The molecule has 0 amide bonds. The highest BCUT2D eigenvalue weighted by Gasteiger charge is 2.26. The molecule has 2 atom stereocenters.